The number of likely N-dealkylation sites (tertiary alicyclic amines) is 1. The summed E-state index contributed by atoms with van der Waals surface area (Å²) in [5.74, 6) is 0.241. The molecule has 0 spiro atoms. The molecule has 2 atom stereocenters. The fourth-order valence-electron chi connectivity index (χ4n) is 4.44. The zero-order valence-corrected chi connectivity index (χ0v) is 15.5. The molecular weight excluding hydrogens is 360 g/mol. The Hall–Kier alpha value is -2.09. The first kappa shape index (κ1) is 19.7. The van der Waals surface area contributed by atoms with Crippen molar-refractivity contribution in [2.24, 2.45) is 11.3 Å². The second kappa shape index (κ2) is 7.88. The maximum atomic E-state index is 12.5. The van der Waals surface area contributed by atoms with E-state index in [1.165, 1.54) is 14.2 Å². The summed E-state index contributed by atoms with van der Waals surface area (Å²) in [7, 11) is 2.88. The average molecular weight is 385 g/mol. The SMILES string of the molecule is COc1cc(CN2C[C@@H]3CCC[C@@]3(C(=O)O)C2)cc(OC)c1OCC(F)F. The fourth-order valence-corrected chi connectivity index (χ4v) is 4.44. The van der Waals surface area contributed by atoms with Gasteiger partial charge in [-0.3, -0.25) is 9.69 Å². The van der Waals surface area contributed by atoms with Gasteiger partial charge in [0.15, 0.2) is 11.5 Å². The number of hydrogen-bond acceptors (Lipinski definition) is 5. The van der Waals surface area contributed by atoms with E-state index < -0.39 is 24.4 Å². The van der Waals surface area contributed by atoms with Gasteiger partial charge in [0.05, 0.1) is 19.6 Å². The molecule has 1 aromatic rings. The Labute approximate surface area is 157 Å². The molecule has 2 aliphatic rings. The molecule has 2 fully saturated rings. The smallest absolute Gasteiger partial charge is 0.311 e. The van der Waals surface area contributed by atoms with Gasteiger partial charge in [0, 0.05) is 19.6 Å². The monoisotopic (exact) mass is 385 g/mol. The Bertz CT molecular complexity index is 674. The number of carbonyl (C=O) groups is 1. The van der Waals surface area contributed by atoms with Crippen molar-refractivity contribution in [3.05, 3.63) is 17.7 Å². The van der Waals surface area contributed by atoms with Gasteiger partial charge < -0.3 is 19.3 Å². The number of carboxylic acid groups (broad SMARTS) is 1. The Kier molecular flexibility index (Phi) is 5.74. The summed E-state index contributed by atoms with van der Waals surface area (Å²) in [6, 6.07) is 3.45. The van der Waals surface area contributed by atoms with Gasteiger partial charge in [-0.15, -0.1) is 0 Å². The minimum Gasteiger partial charge on any atom is -0.493 e. The van der Waals surface area contributed by atoms with Crippen molar-refractivity contribution in [1.82, 2.24) is 4.90 Å². The topological polar surface area (TPSA) is 68.2 Å². The number of alkyl halides is 2. The van der Waals surface area contributed by atoms with Crippen LogP contribution in [0.25, 0.3) is 0 Å². The first-order valence-corrected chi connectivity index (χ1v) is 9.01. The van der Waals surface area contributed by atoms with Gasteiger partial charge in [-0.05, 0) is 36.5 Å². The number of carboxylic acids is 1. The van der Waals surface area contributed by atoms with Crippen molar-refractivity contribution in [1.29, 1.82) is 0 Å². The molecule has 0 radical (unpaired) electrons. The summed E-state index contributed by atoms with van der Waals surface area (Å²) in [4.78, 5) is 14.0. The standard InChI is InChI=1S/C19H25F2NO5/c1-25-14-6-12(7-15(26-2)17(14)27-10-16(20)21)8-22-9-13-4-3-5-19(13,11-22)18(23)24/h6-7,13,16H,3-5,8-11H2,1-2H3,(H,23,24)/t13-,19+/m0/s1. The van der Waals surface area contributed by atoms with E-state index in [1.807, 2.05) is 0 Å². The highest BCUT2D eigenvalue weighted by Gasteiger charge is 2.54. The number of rotatable bonds is 8. The van der Waals surface area contributed by atoms with Crippen LogP contribution in [0.5, 0.6) is 17.2 Å². The van der Waals surface area contributed by atoms with E-state index in [-0.39, 0.29) is 11.7 Å². The van der Waals surface area contributed by atoms with Crippen LogP contribution in [0.1, 0.15) is 24.8 Å². The summed E-state index contributed by atoms with van der Waals surface area (Å²) < 4.78 is 40.7. The van der Waals surface area contributed by atoms with Crippen molar-refractivity contribution in [2.45, 2.75) is 32.2 Å². The number of halogens is 2. The maximum absolute atomic E-state index is 12.5. The van der Waals surface area contributed by atoms with Crippen LogP contribution in [0.4, 0.5) is 8.78 Å². The molecule has 0 unspecified atom stereocenters. The van der Waals surface area contributed by atoms with Crippen molar-refractivity contribution in [3.8, 4) is 17.2 Å². The van der Waals surface area contributed by atoms with Gasteiger partial charge in [0.25, 0.3) is 6.43 Å². The largest absolute Gasteiger partial charge is 0.493 e. The molecular formula is C19H25F2NO5. The van der Waals surface area contributed by atoms with Crippen LogP contribution >= 0.6 is 0 Å². The van der Waals surface area contributed by atoms with Crippen LogP contribution < -0.4 is 14.2 Å². The zero-order valence-electron chi connectivity index (χ0n) is 15.5. The van der Waals surface area contributed by atoms with E-state index in [0.717, 1.165) is 31.4 Å². The Morgan fingerprint density at radius 1 is 1.33 bits per heavy atom. The molecule has 8 heteroatoms. The van der Waals surface area contributed by atoms with Crippen LogP contribution in [0.2, 0.25) is 0 Å². The summed E-state index contributed by atoms with van der Waals surface area (Å²) in [6.45, 7) is 1.04. The normalized spacial score (nSPS) is 24.9. The second-order valence-corrected chi connectivity index (χ2v) is 7.25. The predicted octanol–water partition coefficient (Wildman–Crippen LogP) is 3.03. The molecule has 1 aliphatic heterocycles. The van der Waals surface area contributed by atoms with Crippen molar-refractivity contribution in [2.75, 3.05) is 33.9 Å². The molecule has 1 heterocycles. The highest BCUT2D eigenvalue weighted by atomic mass is 19.3. The zero-order chi connectivity index (χ0) is 19.6. The molecule has 0 bridgehead atoms. The lowest BCUT2D eigenvalue weighted by Crippen LogP contribution is -2.35. The molecule has 27 heavy (non-hydrogen) atoms. The highest BCUT2D eigenvalue weighted by molar-refractivity contribution is 5.76. The van der Waals surface area contributed by atoms with Crippen LogP contribution in [0.15, 0.2) is 12.1 Å². The Morgan fingerprint density at radius 3 is 2.52 bits per heavy atom. The van der Waals surface area contributed by atoms with E-state index in [2.05, 4.69) is 4.90 Å². The molecule has 1 aliphatic carbocycles. The lowest BCUT2D eigenvalue weighted by molar-refractivity contribution is -0.149. The fraction of sp³-hybridized carbons (Fsp3) is 0.632. The Balaban J connectivity index is 1.78. The number of benzene rings is 1. The first-order valence-electron chi connectivity index (χ1n) is 9.01. The summed E-state index contributed by atoms with van der Waals surface area (Å²) in [5, 5.41) is 9.72. The summed E-state index contributed by atoms with van der Waals surface area (Å²) >= 11 is 0. The Morgan fingerprint density at radius 2 is 2.00 bits per heavy atom. The first-order chi connectivity index (χ1) is 12.9. The van der Waals surface area contributed by atoms with E-state index in [9.17, 15) is 18.7 Å². The number of nitrogens with zero attached hydrogens (tertiary/aromatic N) is 1. The van der Waals surface area contributed by atoms with E-state index in [0.29, 0.717) is 24.6 Å². The third-order valence-corrected chi connectivity index (χ3v) is 5.65. The third kappa shape index (κ3) is 3.81. The molecule has 6 nitrogen and oxygen atoms in total. The van der Waals surface area contributed by atoms with Gasteiger partial charge in [-0.25, -0.2) is 8.78 Å². The van der Waals surface area contributed by atoms with Crippen LogP contribution in [0.3, 0.4) is 0 Å². The van der Waals surface area contributed by atoms with Gasteiger partial charge in [-0.2, -0.15) is 0 Å². The van der Waals surface area contributed by atoms with Crippen LogP contribution in [-0.2, 0) is 11.3 Å². The molecule has 1 N–H and O–H groups in total. The number of ether oxygens (including phenoxy) is 3. The van der Waals surface area contributed by atoms with Crippen molar-refractivity contribution < 1.29 is 32.9 Å². The molecule has 1 saturated heterocycles. The minimum absolute atomic E-state index is 0.143. The minimum atomic E-state index is -2.60. The summed E-state index contributed by atoms with van der Waals surface area (Å²) in [6.07, 6.45) is 0.0185. The second-order valence-electron chi connectivity index (χ2n) is 7.25. The van der Waals surface area contributed by atoms with Crippen molar-refractivity contribution >= 4 is 5.97 Å². The average Bonchev–Trinajstić information content (AvgIpc) is 3.17. The predicted molar refractivity (Wildman–Crippen MR) is 93.7 cm³/mol. The molecule has 1 aromatic carbocycles. The van der Waals surface area contributed by atoms with Crippen LogP contribution in [0, 0.1) is 11.3 Å². The van der Waals surface area contributed by atoms with E-state index in [1.54, 1.807) is 12.1 Å². The number of aliphatic carboxylic acids is 1. The highest BCUT2D eigenvalue weighted by Crippen LogP contribution is 2.49. The van der Waals surface area contributed by atoms with Crippen molar-refractivity contribution in [3.63, 3.8) is 0 Å². The molecule has 150 valence electrons. The quantitative estimate of drug-likeness (QED) is 0.742. The van der Waals surface area contributed by atoms with E-state index in [4.69, 9.17) is 14.2 Å². The van der Waals surface area contributed by atoms with Gasteiger partial charge in [0.2, 0.25) is 5.75 Å². The molecule has 3 rings (SSSR count). The maximum Gasteiger partial charge on any atom is 0.311 e. The van der Waals surface area contributed by atoms with Gasteiger partial charge in [-0.1, -0.05) is 6.42 Å². The van der Waals surface area contributed by atoms with Gasteiger partial charge in [0.1, 0.15) is 6.61 Å². The summed E-state index contributed by atoms with van der Waals surface area (Å²) in [5.41, 5.74) is 0.211. The van der Waals surface area contributed by atoms with Crippen LogP contribution in [-0.4, -0.2) is 56.3 Å². The lowest BCUT2D eigenvalue weighted by atomic mass is 9.81. The molecule has 1 saturated carbocycles. The number of hydrogen-bond donors (Lipinski definition) is 1. The van der Waals surface area contributed by atoms with E-state index >= 15 is 0 Å². The molecule has 0 amide bonds. The third-order valence-electron chi connectivity index (χ3n) is 5.65. The lowest BCUT2D eigenvalue weighted by Gasteiger charge is -2.24. The van der Waals surface area contributed by atoms with Gasteiger partial charge >= 0.3 is 5.97 Å². The molecule has 0 aromatic heterocycles. The number of methoxy groups -OCH3 is 2. The number of fused-ring (bicyclic) bond motifs is 1.